The van der Waals surface area contributed by atoms with Gasteiger partial charge in [-0.3, -0.25) is 4.79 Å². The van der Waals surface area contributed by atoms with Gasteiger partial charge in [0.05, 0.1) is 26.4 Å². The number of amides is 1. The van der Waals surface area contributed by atoms with Gasteiger partial charge in [0.1, 0.15) is 10.8 Å². The van der Waals surface area contributed by atoms with E-state index in [-0.39, 0.29) is 25.9 Å². The number of rotatable bonds is 4. The van der Waals surface area contributed by atoms with Gasteiger partial charge in [-0.25, -0.2) is 4.98 Å². The third-order valence-corrected chi connectivity index (χ3v) is 6.48. The molecule has 1 N–H and O–H groups in total. The number of halogens is 5. The number of pyridine rings is 1. The predicted molar refractivity (Wildman–Crippen MR) is 118 cm³/mol. The van der Waals surface area contributed by atoms with Crippen molar-refractivity contribution >= 4 is 75.3 Å². The fraction of sp³-hybridized carbons (Fsp3) is 0.333. The van der Waals surface area contributed by atoms with Crippen LogP contribution in [0.25, 0.3) is 0 Å². The van der Waals surface area contributed by atoms with Crippen LogP contribution in [-0.2, 0) is 0 Å². The molecule has 1 fully saturated rings. The number of likely N-dealkylation sites (N-methyl/N-ethyl adjacent to an activating group) is 1. The van der Waals surface area contributed by atoms with E-state index >= 15 is 0 Å². The number of anilines is 2. The summed E-state index contributed by atoms with van der Waals surface area (Å²) < 4.78 is 0. The van der Waals surface area contributed by atoms with Crippen molar-refractivity contribution < 1.29 is 4.79 Å². The van der Waals surface area contributed by atoms with Gasteiger partial charge in [0, 0.05) is 31.2 Å². The molecule has 28 heavy (non-hydrogen) atoms. The minimum absolute atomic E-state index is 0.00197. The smallest absolute Gasteiger partial charge is 0.275 e. The van der Waals surface area contributed by atoms with Gasteiger partial charge in [-0.15, -0.1) is 0 Å². The first kappa shape index (κ1) is 21.8. The van der Waals surface area contributed by atoms with Crippen LogP contribution in [-0.4, -0.2) is 48.5 Å². The van der Waals surface area contributed by atoms with Crippen molar-refractivity contribution in [2.24, 2.45) is 0 Å². The zero-order valence-electron chi connectivity index (χ0n) is 14.9. The quantitative estimate of drug-likeness (QED) is 0.565. The predicted octanol–water partition coefficient (Wildman–Crippen LogP) is 5.74. The summed E-state index contributed by atoms with van der Waals surface area (Å²) in [6.07, 6.45) is 0. The minimum atomic E-state index is -0.554. The average molecular weight is 483 g/mol. The van der Waals surface area contributed by atoms with E-state index in [9.17, 15) is 4.79 Å². The van der Waals surface area contributed by atoms with E-state index in [0.717, 1.165) is 38.4 Å². The Hall–Kier alpha value is -0.950. The Bertz CT molecular complexity index is 900. The Labute approximate surface area is 188 Å². The highest BCUT2D eigenvalue weighted by Gasteiger charge is 2.23. The van der Waals surface area contributed by atoms with Crippen molar-refractivity contribution in [2.45, 2.75) is 6.92 Å². The molecule has 0 saturated carbocycles. The lowest BCUT2D eigenvalue weighted by atomic mass is 10.2. The van der Waals surface area contributed by atoms with Crippen LogP contribution in [0.5, 0.6) is 0 Å². The zero-order chi connectivity index (χ0) is 20.4. The summed E-state index contributed by atoms with van der Waals surface area (Å²) in [5.41, 5.74) is 1.32. The van der Waals surface area contributed by atoms with Crippen LogP contribution in [0.2, 0.25) is 25.2 Å². The van der Waals surface area contributed by atoms with Crippen LogP contribution in [0.3, 0.4) is 0 Å². The summed E-state index contributed by atoms with van der Waals surface area (Å²) in [4.78, 5) is 21.3. The van der Waals surface area contributed by atoms with Crippen molar-refractivity contribution in [1.29, 1.82) is 0 Å². The summed E-state index contributed by atoms with van der Waals surface area (Å²) >= 11 is 30.2. The van der Waals surface area contributed by atoms with E-state index in [1.54, 1.807) is 12.1 Å². The van der Waals surface area contributed by atoms with E-state index in [4.69, 9.17) is 58.0 Å². The number of aromatic nitrogens is 1. The summed E-state index contributed by atoms with van der Waals surface area (Å²) in [6.45, 7) is 6.74. The van der Waals surface area contributed by atoms with Crippen LogP contribution in [0.1, 0.15) is 17.4 Å². The van der Waals surface area contributed by atoms with Crippen molar-refractivity contribution in [3.8, 4) is 0 Å². The molecule has 1 aromatic heterocycles. The molecule has 0 bridgehead atoms. The molecule has 0 atom stereocenters. The Morgan fingerprint density at radius 2 is 1.71 bits per heavy atom. The van der Waals surface area contributed by atoms with Gasteiger partial charge in [0.2, 0.25) is 0 Å². The molecule has 2 heterocycles. The summed E-state index contributed by atoms with van der Waals surface area (Å²) in [6, 6.07) is 5.37. The van der Waals surface area contributed by atoms with Gasteiger partial charge < -0.3 is 15.1 Å². The summed E-state index contributed by atoms with van der Waals surface area (Å²) in [7, 11) is 0. The number of nitrogens with zero attached hydrogens (tertiary/aromatic N) is 3. The largest absolute Gasteiger partial charge is 0.367 e. The Kier molecular flexibility index (Phi) is 7.18. The van der Waals surface area contributed by atoms with Gasteiger partial charge >= 0.3 is 0 Å². The highest BCUT2D eigenvalue weighted by molar-refractivity contribution is 6.52. The second kappa shape index (κ2) is 9.24. The van der Waals surface area contributed by atoms with E-state index in [1.807, 2.05) is 6.07 Å². The zero-order valence-corrected chi connectivity index (χ0v) is 18.7. The number of hydrogen-bond acceptors (Lipinski definition) is 4. The van der Waals surface area contributed by atoms with Crippen LogP contribution in [0.15, 0.2) is 18.2 Å². The highest BCUT2D eigenvalue weighted by Crippen LogP contribution is 2.37. The SMILES string of the molecule is CCN1CCN(c2ccc(Cl)cc2NC(=O)c2nc(Cl)c(Cl)c(Cl)c2Cl)CC1. The molecule has 10 heteroatoms. The maximum atomic E-state index is 12.8. The molecular formula is C18H17Cl5N4O. The molecule has 0 unspecified atom stereocenters. The number of nitrogens with one attached hydrogen (secondary N) is 1. The van der Waals surface area contributed by atoms with Crippen LogP contribution < -0.4 is 10.2 Å². The third-order valence-electron chi connectivity index (χ3n) is 4.57. The molecule has 0 radical (unpaired) electrons. The lowest BCUT2D eigenvalue weighted by Gasteiger charge is -2.36. The van der Waals surface area contributed by atoms with Gasteiger partial charge in [0.25, 0.3) is 5.91 Å². The fourth-order valence-electron chi connectivity index (χ4n) is 3.01. The minimum Gasteiger partial charge on any atom is -0.367 e. The first-order chi connectivity index (χ1) is 13.3. The normalized spacial score (nSPS) is 15.0. The fourth-order valence-corrected chi connectivity index (χ4v) is 3.99. The monoisotopic (exact) mass is 480 g/mol. The molecule has 150 valence electrons. The second-order valence-electron chi connectivity index (χ2n) is 6.23. The molecule has 1 aliphatic rings. The van der Waals surface area contributed by atoms with E-state index in [0.29, 0.717) is 10.7 Å². The van der Waals surface area contributed by atoms with Gasteiger partial charge in [-0.1, -0.05) is 64.9 Å². The van der Waals surface area contributed by atoms with Gasteiger partial charge in [-0.2, -0.15) is 0 Å². The van der Waals surface area contributed by atoms with Crippen LogP contribution in [0.4, 0.5) is 11.4 Å². The van der Waals surface area contributed by atoms with Crippen LogP contribution >= 0.6 is 58.0 Å². The maximum absolute atomic E-state index is 12.8. The maximum Gasteiger partial charge on any atom is 0.275 e. The molecule has 1 amide bonds. The van der Waals surface area contributed by atoms with E-state index in [1.165, 1.54) is 0 Å². The lowest BCUT2D eigenvalue weighted by Crippen LogP contribution is -2.46. The lowest BCUT2D eigenvalue weighted by molar-refractivity contribution is 0.102. The number of piperazine rings is 1. The Balaban J connectivity index is 1.89. The van der Waals surface area contributed by atoms with Crippen molar-refractivity contribution in [3.63, 3.8) is 0 Å². The average Bonchev–Trinajstić information content (AvgIpc) is 2.69. The summed E-state index contributed by atoms with van der Waals surface area (Å²) in [5, 5.41) is 3.14. The first-order valence-corrected chi connectivity index (χ1v) is 10.5. The van der Waals surface area contributed by atoms with E-state index < -0.39 is 5.91 Å². The molecular weight excluding hydrogens is 465 g/mol. The molecule has 3 rings (SSSR count). The number of carbonyl (C=O) groups excluding carboxylic acids is 1. The molecule has 1 aliphatic heterocycles. The first-order valence-electron chi connectivity index (χ1n) is 8.60. The third kappa shape index (κ3) is 4.61. The Morgan fingerprint density at radius 1 is 1.04 bits per heavy atom. The van der Waals surface area contributed by atoms with Crippen molar-refractivity contribution in [3.05, 3.63) is 49.1 Å². The number of benzene rings is 1. The van der Waals surface area contributed by atoms with Crippen molar-refractivity contribution in [2.75, 3.05) is 42.9 Å². The molecule has 1 aromatic carbocycles. The van der Waals surface area contributed by atoms with Crippen molar-refractivity contribution in [1.82, 2.24) is 9.88 Å². The summed E-state index contributed by atoms with van der Waals surface area (Å²) in [5.74, 6) is -0.554. The molecule has 1 saturated heterocycles. The van der Waals surface area contributed by atoms with Gasteiger partial charge in [-0.05, 0) is 24.7 Å². The molecule has 2 aromatic rings. The number of carbonyl (C=O) groups is 1. The number of hydrogen-bond donors (Lipinski definition) is 1. The van der Waals surface area contributed by atoms with E-state index in [2.05, 4.69) is 27.0 Å². The standard InChI is InChI=1S/C18H17Cl5N4O/c1-2-26-5-7-27(8-6-26)12-4-3-10(19)9-11(12)24-18(28)16-14(21)13(20)15(22)17(23)25-16/h3-4,9H,2,5-8H2,1H3,(H,24,28). The molecule has 0 aliphatic carbocycles. The topological polar surface area (TPSA) is 48.5 Å². The van der Waals surface area contributed by atoms with Gasteiger partial charge in [0.15, 0.2) is 0 Å². The second-order valence-corrected chi connectivity index (χ2v) is 8.16. The van der Waals surface area contributed by atoms with Crippen LogP contribution in [0, 0.1) is 0 Å². The highest BCUT2D eigenvalue weighted by atomic mass is 35.5. The molecule has 5 nitrogen and oxygen atoms in total. The Morgan fingerprint density at radius 3 is 2.36 bits per heavy atom. The molecule has 0 spiro atoms.